The van der Waals surface area contributed by atoms with Crippen molar-refractivity contribution < 1.29 is 4.74 Å². The van der Waals surface area contributed by atoms with Gasteiger partial charge in [0.15, 0.2) is 0 Å². The van der Waals surface area contributed by atoms with Crippen LogP contribution in [0.15, 0.2) is 24.3 Å². The minimum Gasteiger partial charge on any atom is -0.497 e. The number of ether oxygens (including phenoxy) is 1. The number of methoxy groups -OCH3 is 1. The van der Waals surface area contributed by atoms with Crippen molar-refractivity contribution in [1.82, 2.24) is 4.90 Å². The van der Waals surface area contributed by atoms with Crippen molar-refractivity contribution in [2.45, 2.75) is 12.8 Å². The van der Waals surface area contributed by atoms with E-state index in [1.807, 2.05) is 12.1 Å². The Morgan fingerprint density at radius 3 is 2.40 bits per heavy atom. The molecule has 1 radical (unpaired) electrons. The largest absolute Gasteiger partial charge is 0.497 e. The zero-order valence-electron chi connectivity index (χ0n) is 9.70. The monoisotopic (exact) mass is 206 g/mol. The van der Waals surface area contributed by atoms with Crippen LogP contribution in [0.4, 0.5) is 0 Å². The number of likely N-dealkylation sites (N-methyl/N-ethyl adjacent to an activating group) is 1. The number of hydrogen-bond acceptors (Lipinski definition) is 2. The highest BCUT2D eigenvalue weighted by Gasteiger charge is 1.98. The summed E-state index contributed by atoms with van der Waals surface area (Å²) >= 11 is 0. The van der Waals surface area contributed by atoms with E-state index in [9.17, 15) is 0 Å². The van der Waals surface area contributed by atoms with E-state index in [1.165, 1.54) is 5.56 Å². The van der Waals surface area contributed by atoms with Crippen LogP contribution >= 0.6 is 0 Å². The van der Waals surface area contributed by atoms with Gasteiger partial charge in [0.2, 0.25) is 0 Å². The molecule has 0 atom stereocenters. The molecule has 0 unspecified atom stereocenters. The van der Waals surface area contributed by atoms with Crippen molar-refractivity contribution in [2.75, 3.05) is 27.2 Å². The zero-order chi connectivity index (χ0) is 11.1. The Labute approximate surface area is 92.9 Å². The van der Waals surface area contributed by atoms with E-state index < -0.39 is 0 Å². The molecular weight excluding hydrogens is 186 g/mol. The summed E-state index contributed by atoms with van der Waals surface area (Å²) in [5.74, 6) is 0.921. The Morgan fingerprint density at radius 1 is 1.20 bits per heavy atom. The SMILES string of the molecule is [CH2]CCN(C)CCc1ccc(OC)cc1. The lowest BCUT2D eigenvalue weighted by Crippen LogP contribution is -2.21. The number of nitrogens with zero attached hydrogens (tertiary/aromatic N) is 1. The van der Waals surface area contributed by atoms with Gasteiger partial charge in [-0.15, -0.1) is 0 Å². The van der Waals surface area contributed by atoms with Gasteiger partial charge in [0.05, 0.1) is 7.11 Å². The fourth-order valence-electron chi connectivity index (χ4n) is 1.49. The fourth-order valence-corrected chi connectivity index (χ4v) is 1.49. The van der Waals surface area contributed by atoms with Gasteiger partial charge in [0, 0.05) is 6.54 Å². The maximum Gasteiger partial charge on any atom is 0.118 e. The molecule has 83 valence electrons. The molecule has 0 heterocycles. The normalized spacial score (nSPS) is 10.7. The van der Waals surface area contributed by atoms with Crippen molar-refractivity contribution in [3.8, 4) is 5.75 Å². The number of rotatable bonds is 6. The second kappa shape index (κ2) is 6.46. The van der Waals surface area contributed by atoms with Crippen LogP contribution in [0.1, 0.15) is 12.0 Å². The summed E-state index contributed by atoms with van der Waals surface area (Å²) in [4.78, 5) is 2.30. The first-order valence-corrected chi connectivity index (χ1v) is 5.37. The van der Waals surface area contributed by atoms with Crippen LogP contribution in [0, 0.1) is 6.92 Å². The van der Waals surface area contributed by atoms with Gasteiger partial charge in [-0.1, -0.05) is 19.1 Å². The van der Waals surface area contributed by atoms with E-state index in [1.54, 1.807) is 7.11 Å². The van der Waals surface area contributed by atoms with Crippen LogP contribution in [0.2, 0.25) is 0 Å². The summed E-state index contributed by atoms with van der Waals surface area (Å²) < 4.78 is 5.11. The van der Waals surface area contributed by atoms with E-state index in [0.29, 0.717) is 0 Å². The molecule has 0 N–H and O–H groups in total. The maximum atomic E-state index is 5.11. The van der Waals surface area contributed by atoms with E-state index >= 15 is 0 Å². The summed E-state index contributed by atoms with van der Waals surface area (Å²) in [6.45, 7) is 6.00. The molecule has 2 nitrogen and oxygen atoms in total. The van der Waals surface area contributed by atoms with Gasteiger partial charge in [-0.3, -0.25) is 0 Å². The summed E-state index contributed by atoms with van der Waals surface area (Å²) in [5.41, 5.74) is 1.35. The fraction of sp³-hybridized carbons (Fsp3) is 0.462. The van der Waals surface area contributed by atoms with Gasteiger partial charge in [0.1, 0.15) is 5.75 Å². The molecule has 0 saturated heterocycles. The Balaban J connectivity index is 2.37. The molecule has 1 aromatic carbocycles. The van der Waals surface area contributed by atoms with E-state index in [4.69, 9.17) is 4.74 Å². The molecule has 0 aromatic heterocycles. The molecule has 0 aliphatic heterocycles. The van der Waals surface area contributed by atoms with Crippen molar-refractivity contribution >= 4 is 0 Å². The van der Waals surface area contributed by atoms with Crippen LogP contribution < -0.4 is 4.74 Å². The lowest BCUT2D eigenvalue weighted by atomic mass is 10.1. The molecule has 15 heavy (non-hydrogen) atoms. The van der Waals surface area contributed by atoms with E-state index in [2.05, 4.69) is 31.0 Å². The molecule has 0 aliphatic rings. The van der Waals surface area contributed by atoms with Gasteiger partial charge in [0.25, 0.3) is 0 Å². The van der Waals surface area contributed by atoms with Gasteiger partial charge in [-0.25, -0.2) is 0 Å². The Morgan fingerprint density at radius 2 is 1.87 bits per heavy atom. The van der Waals surface area contributed by atoms with Crippen LogP contribution in [0.25, 0.3) is 0 Å². The molecule has 1 rings (SSSR count). The number of hydrogen-bond donors (Lipinski definition) is 0. The first-order valence-electron chi connectivity index (χ1n) is 5.37. The molecule has 0 aliphatic carbocycles. The molecule has 0 spiro atoms. The summed E-state index contributed by atoms with van der Waals surface area (Å²) in [6, 6.07) is 8.27. The predicted molar refractivity (Wildman–Crippen MR) is 64.2 cm³/mol. The molecule has 1 aromatic rings. The lowest BCUT2D eigenvalue weighted by molar-refractivity contribution is 0.344. The third kappa shape index (κ3) is 4.34. The molecular formula is C13H20NO. The molecule has 2 heteroatoms. The van der Waals surface area contributed by atoms with Crippen LogP contribution in [0.5, 0.6) is 5.75 Å². The van der Waals surface area contributed by atoms with Crippen molar-refractivity contribution in [3.63, 3.8) is 0 Å². The van der Waals surface area contributed by atoms with Gasteiger partial charge < -0.3 is 9.64 Å². The summed E-state index contributed by atoms with van der Waals surface area (Å²) in [5, 5.41) is 0. The second-order valence-electron chi connectivity index (χ2n) is 3.75. The summed E-state index contributed by atoms with van der Waals surface area (Å²) in [7, 11) is 3.83. The summed E-state index contributed by atoms with van der Waals surface area (Å²) in [6.07, 6.45) is 2.06. The van der Waals surface area contributed by atoms with E-state index in [-0.39, 0.29) is 0 Å². The van der Waals surface area contributed by atoms with Crippen LogP contribution in [-0.2, 0) is 6.42 Å². The minimum atomic E-state index is 0.921. The van der Waals surface area contributed by atoms with Gasteiger partial charge in [-0.2, -0.15) is 0 Å². The smallest absolute Gasteiger partial charge is 0.118 e. The van der Waals surface area contributed by atoms with Crippen molar-refractivity contribution in [2.24, 2.45) is 0 Å². The minimum absolute atomic E-state index is 0.921. The molecule has 0 saturated carbocycles. The molecule has 0 amide bonds. The second-order valence-corrected chi connectivity index (χ2v) is 3.75. The quantitative estimate of drug-likeness (QED) is 0.708. The lowest BCUT2D eigenvalue weighted by Gasteiger charge is -2.15. The topological polar surface area (TPSA) is 12.5 Å². The average Bonchev–Trinajstić information content (AvgIpc) is 2.27. The molecule has 0 bridgehead atoms. The Kier molecular flexibility index (Phi) is 5.19. The Hall–Kier alpha value is -1.02. The first-order chi connectivity index (χ1) is 7.26. The highest BCUT2D eigenvalue weighted by molar-refractivity contribution is 5.27. The van der Waals surface area contributed by atoms with E-state index in [0.717, 1.165) is 31.7 Å². The number of benzene rings is 1. The molecule has 0 fully saturated rings. The van der Waals surface area contributed by atoms with Crippen molar-refractivity contribution in [3.05, 3.63) is 36.8 Å². The average molecular weight is 206 g/mol. The standard InChI is InChI=1S/C13H20NO/c1-4-10-14(2)11-9-12-5-7-13(15-3)8-6-12/h5-8H,1,4,9-11H2,2-3H3. The van der Waals surface area contributed by atoms with Crippen LogP contribution in [0.3, 0.4) is 0 Å². The highest BCUT2D eigenvalue weighted by atomic mass is 16.5. The maximum absolute atomic E-state index is 5.11. The van der Waals surface area contributed by atoms with Crippen molar-refractivity contribution in [1.29, 1.82) is 0 Å². The zero-order valence-corrected chi connectivity index (χ0v) is 9.70. The third-order valence-electron chi connectivity index (χ3n) is 2.48. The van der Waals surface area contributed by atoms with Gasteiger partial charge >= 0.3 is 0 Å². The first kappa shape index (κ1) is 12.1. The predicted octanol–water partition coefficient (Wildman–Crippen LogP) is 2.39. The Bertz CT molecular complexity index is 268. The highest BCUT2D eigenvalue weighted by Crippen LogP contribution is 2.11. The van der Waals surface area contributed by atoms with Crippen LogP contribution in [-0.4, -0.2) is 32.1 Å². The third-order valence-corrected chi connectivity index (χ3v) is 2.48. The van der Waals surface area contributed by atoms with Gasteiger partial charge in [-0.05, 0) is 44.1 Å².